The SMILES string of the molecule is O=C(NCCCOCCO)c1ccc([N+](=O)[O-])s1. The van der Waals surface area contributed by atoms with Crippen molar-refractivity contribution in [3.05, 3.63) is 27.1 Å². The lowest BCUT2D eigenvalue weighted by molar-refractivity contribution is -0.380. The van der Waals surface area contributed by atoms with Gasteiger partial charge in [0.2, 0.25) is 0 Å². The maximum absolute atomic E-state index is 11.6. The molecule has 0 spiro atoms. The summed E-state index contributed by atoms with van der Waals surface area (Å²) in [6, 6.07) is 2.74. The van der Waals surface area contributed by atoms with Crippen LogP contribution in [-0.2, 0) is 4.74 Å². The third kappa shape index (κ3) is 4.78. The molecule has 1 heterocycles. The van der Waals surface area contributed by atoms with Crippen LogP contribution in [0.4, 0.5) is 5.00 Å². The van der Waals surface area contributed by atoms with Crippen LogP contribution in [0.5, 0.6) is 0 Å². The van der Waals surface area contributed by atoms with Crippen molar-refractivity contribution in [1.29, 1.82) is 0 Å². The van der Waals surface area contributed by atoms with Gasteiger partial charge in [0, 0.05) is 19.2 Å². The van der Waals surface area contributed by atoms with E-state index in [9.17, 15) is 14.9 Å². The summed E-state index contributed by atoms with van der Waals surface area (Å²) in [6.07, 6.45) is 0.624. The van der Waals surface area contributed by atoms with Crippen LogP contribution < -0.4 is 5.32 Å². The second-order valence-corrected chi connectivity index (χ2v) is 4.40. The molecule has 8 heteroatoms. The molecule has 0 aliphatic heterocycles. The highest BCUT2D eigenvalue weighted by Crippen LogP contribution is 2.23. The van der Waals surface area contributed by atoms with Crippen LogP contribution in [0.2, 0.25) is 0 Å². The first-order valence-electron chi connectivity index (χ1n) is 5.36. The molecule has 0 aliphatic carbocycles. The molecule has 18 heavy (non-hydrogen) atoms. The van der Waals surface area contributed by atoms with Crippen LogP contribution >= 0.6 is 11.3 Å². The third-order valence-electron chi connectivity index (χ3n) is 1.98. The van der Waals surface area contributed by atoms with Crippen molar-refractivity contribution in [3.8, 4) is 0 Å². The summed E-state index contributed by atoms with van der Waals surface area (Å²) in [6.45, 7) is 1.14. The Morgan fingerprint density at radius 1 is 1.50 bits per heavy atom. The smallest absolute Gasteiger partial charge is 0.324 e. The van der Waals surface area contributed by atoms with Crippen molar-refractivity contribution >= 4 is 22.2 Å². The number of nitrogens with zero attached hydrogens (tertiary/aromatic N) is 1. The number of nitro groups is 1. The molecule has 1 amide bonds. The molecule has 0 aliphatic rings. The molecule has 0 aromatic carbocycles. The van der Waals surface area contributed by atoms with E-state index in [1.54, 1.807) is 0 Å². The molecule has 1 aromatic heterocycles. The Balaban J connectivity index is 2.25. The van der Waals surface area contributed by atoms with Gasteiger partial charge in [-0.2, -0.15) is 0 Å². The van der Waals surface area contributed by atoms with Crippen molar-refractivity contribution in [2.45, 2.75) is 6.42 Å². The van der Waals surface area contributed by atoms with E-state index in [0.717, 1.165) is 11.3 Å². The van der Waals surface area contributed by atoms with E-state index in [1.807, 2.05) is 0 Å². The first-order chi connectivity index (χ1) is 8.65. The molecule has 0 bridgehead atoms. The molecule has 0 radical (unpaired) electrons. The van der Waals surface area contributed by atoms with Gasteiger partial charge in [0.1, 0.15) is 0 Å². The number of hydrogen-bond acceptors (Lipinski definition) is 6. The minimum absolute atomic E-state index is 0.0226. The first-order valence-corrected chi connectivity index (χ1v) is 6.18. The van der Waals surface area contributed by atoms with Gasteiger partial charge in [-0.25, -0.2) is 0 Å². The summed E-state index contributed by atoms with van der Waals surface area (Å²) >= 11 is 0.846. The summed E-state index contributed by atoms with van der Waals surface area (Å²) in [7, 11) is 0. The summed E-state index contributed by atoms with van der Waals surface area (Å²) < 4.78 is 5.02. The zero-order valence-electron chi connectivity index (χ0n) is 9.63. The summed E-state index contributed by atoms with van der Waals surface area (Å²) in [5.41, 5.74) is 0. The fourth-order valence-corrected chi connectivity index (χ4v) is 1.91. The number of aliphatic hydroxyl groups excluding tert-OH is 1. The summed E-state index contributed by atoms with van der Waals surface area (Å²) in [5, 5.41) is 21.5. The quantitative estimate of drug-likeness (QED) is 0.414. The monoisotopic (exact) mass is 274 g/mol. The van der Waals surface area contributed by atoms with Crippen molar-refractivity contribution in [2.24, 2.45) is 0 Å². The van der Waals surface area contributed by atoms with Gasteiger partial charge in [-0.1, -0.05) is 11.3 Å². The van der Waals surface area contributed by atoms with E-state index >= 15 is 0 Å². The molecule has 1 aromatic rings. The molecule has 2 N–H and O–H groups in total. The van der Waals surface area contributed by atoms with Gasteiger partial charge in [0.15, 0.2) is 0 Å². The van der Waals surface area contributed by atoms with Crippen molar-refractivity contribution in [3.63, 3.8) is 0 Å². The first kappa shape index (κ1) is 14.6. The molecule has 0 unspecified atom stereocenters. The molecule has 1 rings (SSSR count). The second-order valence-electron chi connectivity index (χ2n) is 3.34. The number of rotatable bonds is 8. The van der Waals surface area contributed by atoms with Gasteiger partial charge >= 0.3 is 5.00 Å². The number of ether oxygens (including phenoxy) is 1. The molecule has 0 saturated heterocycles. The third-order valence-corrected chi connectivity index (χ3v) is 3.02. The highest BCUT2D eigenvalue weighted by molar-refractivity contribution is 7.17. The fraction of sp³-hybridized carbons (Fsp3) is 0.500. The molecule has 0 saturated carbocycles. The Labute approximate surface area is 108 Å². The summed E-state index contributed by atoms with van der Waals surface area (Å²) in [4.78, 5) is 21.8. The predicted molar refractivity (Wildman–Crippen MR) is 65.8 cm³/mol. The van der Waals surface area contributed by atoms with E-state index in [1.165, 1.54) is 12.1 Å². The Morgan fingerprint density at radius 3 is 2.89 bits per heavy atom. The van der Waals surface area contributed by atoms with Gasteiger partial charge < -0.3 is 15.2 Å². The van der Waals surface area contributed by atoms with Crippen LogP contribution in [-0.4, -0.2) is 42.3 Å². The Hall–Kier alpha value is -1.51. The lowest BCUT2D eigenvalue weighted by Crippen LogP contribution is -2.24. The zero-order valence-corrected chi connectivity index (χ0v) is 10.4. The fourth-order valence-electron chi connectivity index (χ4n) is 1.18. The van der Waals surface area contributed by atoms with E-state index in [-0.39, 0.29) is 24.1 Å². The minimum Gasteiger partial charge on any atom is -0.394 e. The van der Waals surface area contributed by atoms with E-state index < -0.39 is 4.92 Å². The Morgan fingerprint density at radius 2 is 2.28 bits per heavy atom. The van der Waals surface area contributed by atoms with Crippen molar-refractivity contribution in [1.82, 2.24) is 5.32 Å². The molecule has 100 valence electrons. The standard InChI is InChI=1S/C10H14N2O5S/c13-5-7-17-6-1-4-11-10(14)8-2-3-9(18-8)12(15)16/h2-3,13H,1,4-7H2,(H,11,14). The number of hydrogen-bond donors (Lipinski definition) is 2. The number of amides is 1. The highest BCUT2D eigenvalue weighted by atomic mass is 32.1. The molecular formula is C10H14N2O5S. The van der Waals surface area contributed by atoms with Crippen molar-refractivity contribution < 1.29 is 19.6 Å². The largest absolute Gasteiger partial charge is 0.394 e. The van der Waals surface area contributed by atoms with E-state index in [0.29, 0.717) is 24.4 Å². The number of thiophene rings is 1. The molecule has 0 atom stereocenters. The van der Waals surface area contributed by atoms with Crippen molar-refractivity contribution in [2.75, 3.05) is 26.4 Å². The van der Waals surface area contributed by atoms with Gasteiger partial charge in [-0.15, -0.1) is 0 Å². The Bertz CT molecular complexity index is 407. The normalized spacial score (nSPS) is 10.3. The number of nitrogens with one attached hydrogen (secondary N) is 1. The summed E-state index contributed by atoms with van der Waals surface area (Å²) in [5.74, 6) is -0.324. The second kappa shape index (κ2) is 7.75. The van der Waals surface area contributed by atoms with E-state index in [2.05, 4.69) is 5.32 Å². The van der Waals surface area contributed by atoms with Gasteiger partial charge in [-0.3, -0.25) is 14.9 Å². The predicted octanol–water partition coefficient (Wildman–Crippen LogP) is 0.785. The Kier molecular flexibility index (Phi) is 6.26. The molecular weight excluding hydrogens is 260 g/mol. The topological polar surface area (TPSA) is 102 Å². The number of carbonyl (C=O) groups excluding carboxylic acids is 1. The maximum Gasteiger partial charge on any atom is 0.324 e. The average molecular weight is 274 g/mol. The van der Waals surface area contributed by atoms with Crippen LogP contribution in [0.3, 0.4) is 0 Å². The van der Waals surface area contributed by atoms with Crippen LogP contribution in [0.25, 0.3) is 0 Å². The highest BCUT2D eigenvalue weighted by Gasteiger charge is 2.14. The lowest BCUT2D eigenvalue weighted by Gasteiger charge is -2.03. The zero-order chi connectivity index (χ0) is 13.4. The maximum atomic E-state index is 11.6. The lowest BCUT2D eigenvalue weighted by atomic mass is 10.4. The molecule has 0 fully saturated rings. The van der Waals surface area contributed by atoms with Crippen LogP contribution in [0.15, 0.2) is 12.1 Å². The number of aliphatic hydroxyl groups is 1. The average Bonchev–Trinajstić information content (AvgIpc) is 2.83. The van der Waals surface area contributed by atoms with Crippen LogP contribution in [0, 0.1) is 10.1 Å². The van der Waals surface area contributed by atoms with E-state index in [4.69, 9.17) is 9.84 Å². The molecule has 7 nitrogen and oxygen atoms in total. The number of carbonyl (C=O) groups is 1. The van der Waals surface area contributed by atoms with Gasteiger partial charge in [0.05, 0.1) is 23.0 Å². The van der Waals surface area contributed by atoms with Crippen LogP contribution in [0.1, 0.15) is 16.1 Å². The minimum atomic E-state index is -0.524. The van der Waals surface area contributed by atoms with Gasteiger partial charge in [0.25, 0.3) is 5.91 Å². The van der Waals surface area contributed by atoms with Gasteiger partial charge in [-0.05, 0) is 12.5 Å².